The number of hydrogen-bond donors (Lipinski definition) is 4. The van der Waals surface area contributed by atoms with Gasteiger partial charge in [0.2, 0.25) is 15.8 Å². The van der Waals surface area contributed by atoms with E-state index in [0.29, 0.717) is 32.9 Å². The van der Waals surface area contributed by atoms with Gasteiger partial charge in [0.15, 0.2) is 10.8 Å². The number of rotatable bonds is 6. The second-order valence-corrected chi connectivity index (χ2v) is 10.4. The predicted molar refractivity (Wildman–Crippen MR) is 124 cm³/mol. The highest BCUT2D eigenvalue weighted by Gasteiger charge is 2.40. The van der Waals surface area contributed by atoms with E-state index in [4.69, 9.17) is 16.6 Å². The summed E-state index contributed by atoms with van der Waals surface area (Å²) in [5.74, 6) is 0.0196. The lowest BCUT2D eigenvalue weighted by atomic mass is 10.0. The number of nitrogen functional groups attached to an aromatic ring is 1. The second-order valence-electron chi connectivity index (χ2n) is 6.81. The van der Waals surface area contributed by atoms with Gasteiger partial charge >= 0.3 is 0 Å². The number of benzene rings is 2. The lowest BCUT2D eigenvalue weighted by molar-refractivity contribution is 0.0912. The number of ketones is 1. The summed E-state index contributed by atoms with van der Waals surface area (Å²) in [5.41, 5.74) is 12.3. The van der Waals surface area contributed by atoms with Crippen molar-refractivity contribution in [2.45, 2.75) is 10.6 Å². The molecule has 3 aromatic rings. The summed E-state index contributed by atoms with van der Waals surface area (Å²) in [6, 6.07) is 12.7. The number of sulfonamides is 1. The van der Waals surface area contributed by atoms with E-state index in [9.17, 15) is 13.2 Å². The molecular weight excluding hydrogens is 456 g/mol. The molecule has 1 unspecified atom stereocenters. The van der Waals surface area contributed by atoms with Crippen LogP contribution in [0.25, 0.3) is 0 Å². The minimum absolute atomic E-state index is 0.0266. The van der Waals surface area contributed by atoms with Crippen molar-refractivity contribution in [1.82, 2.24) is 4.98 Å². The molecule has 7 N–H and O–H groups in total. The van der Waals surface area contributed by atoms with Crippen molar-refractivity contribution in [3.8, 4) is 0 Å². The van der Waals surface area contributed by atoms with Crippen molar-refractivity contribution in [2.24, 2.45) is 15.9 Å². The molecule has 9 nitrogen and oxygen atoms in total. The van der Waals surface area contributed by atoms with Gasteiger partial charge in [-0.2, -0.15) is 0 Å². The van der Waals surface area contributed by atoms with Gasteiger partial charge in [-0.15, -0.1) is 11.8 Å². The fraction of sp³-hybridized carbons (Fsp3) is 0.105. The highest BCUT2D eigenvalue weighted by Crippen LogP contribution is 2.34. The van der Waals surface area contributed by atoms with Gasteiger partial charge in [0.25, 0.3) is 0 Å². The quantitative estimate of drug-likeness (QED) is 0.311. The lowest BCUT2D eigenvalue weighted by Gasteiger charge is -2.18. The Morgan fingerprint density at radius 1 is 1.16 bits per heavy atom. The van der Waals surface area contributed by atoms with Crippen molar-refractivity contribution >= 4 is 60.5 Å². The molecule has 31 heavy (non-hydrogen) atoms. The van der Waals surface area contributed by atoms with Gasteiger partial charge in [0, 0.05) is 22.7 Å². The number of carbonyl (C=O) groups excluding carboxylic acids is 1. The molecule has 1 atom stereocenters. The average molecular weight is 475 g/mol. The molecule has 4 rings (SSSR count). The Morgan fingerprint density at radius 2 is 1.90 bits per heavy atom. The Kier molecular flexibility index (Phi) is 5.58. The Balaban J connectivity index is 1.51. The number of nitrogens with one attached hydrogen (secondary N) is 1. The number of carbonyl (C=O) groups is 1. The summed E-state index contributed by atoms with van der Waals surface area (Å²) >= 11 is 2.73. The van der Waals surface area contributed by atoms with Crippen LogP contribution in [0.3, 0.4) is 0 Å². The molecule has 0 radical (unpaired) electrons. The number of primary sulfonamides is 1. The largest absolute Gasteiger partial charge is 0.399 e. The molecule has 0 aliphatic carbocycles. The smallest absolute Gasteiger partial charge is 0.238 e. The standard InChI is InChI=1S/C19H18N6O3S3/c20-12-3-1-2-11(8-12)16(26)19(21)10-29-17(25-19)15-9-23-18(30-15)24-13-4-6-14(7-5-13)31(22,27)28/h1-9H,10,20-21H2,(H,23,24)(H2,22,27,28). The number of hydrogen-bond acceptors (Lipinski definition) is 10. The van der Waals surface area contributed by atoms with Gasteiger partial charge in [-0.3, -0.25) is 10.5 Å². The minimum atomic E-state index is -3.75. The van der Waals surface area contributed by atoms with E-state index >= 15 is 0 Å². The third-order valence-corrected chi connectivity index (χ3v) is 7.57. The summed E-state index contributed by atoms with van der Waals surface area (Å²) < 4.78 is 22.7. The minimum Gasteiger partial charge on any atom is -0.399 e. The zero-order valence-corrected chi connectivity index (χ0v) is 18.4. The van der Waals surface area contributed by atoms with Crippen LogP contribution in [0.4, 0.5) is 16.5 Å². The fourth-order valence-corrected chi connectivity index (χ4v) is 5.39. The molecule has 1 aromatic heterocycles. The summed E-state index contributed by atoms with van der Waals surface area (Å²) in [7, 11) is -3.75. The van der Waals surface area contributed by atoms with Gasteiger partial charge < -0.3 is 11.1 Å². The van der Waals surface area contributed by atoms with Crippen LogP contribution in [0.2, 0.25) is 0 Å². The Bertz CT molecular complexity index is 1290. The number of thiazole rings is 1. The molecule has 0 saturated carbocycles. The Labute approximate surface area is 186 Å². The van der Waals surface area contributed by atoms with Crippen molar-refractivity contribution in [2.75, 3.05) is 16.8 Å². The molecular formula is C19H18N6O3S3. The highest BCUT2D eigenvalue weighted by atomic mass is 32.2. The first-order valence-corrected chi connectivity index (χ1v) is 12.3. The maximum absolute atomic E-state index is 12.9. The fourth-order valence-electron chi connectivity index (χ4n) is 2.88. The number of nitrogens with two attached hydrogens (primary N) is 3. The Morgan fingerprint density at radius 3 is 2.58 bits per heavy atom. The Hall–Kier alpha value is -2.77. The van der Waals surface area contributed by atoms with Crippen LogP contribution in [0.1, 0.15) is 15.2 Å². The average Bonchev–Trinajstić information content (AvgIpc) is 3.34. The van der Waals surface area contributed by atoms with E-state index < -0.39 is 15.7 Å². The maximum atomic E-state index is 12.9. The van der Waals surface area contributed by atoms with E-state index in [0.717, 1.165) is 4.88 Å². The summed E-state index contributed by atoms with van der Waals surface area (Å²) in [4.78, 5) is 22.5. The van der Waals surface area contributed by atoms with Crippen molar-refractivity contribution < 1.29 is 13.2 Å². The van der Waals surface area contributed by atoms with E-state index in [1.165, 1.54) is 35.2 Å². The third kappa shape index (κ3) is 4.62. The topological polar surface area (TPSA) is 167 Å². The number of nitrogens with zero attached hydrogens (tertiary/aromatic N) is 2. The van der Waals surface area contributed by atoms with E-state index in [1.54, 1.807) is 42.6 Å². The number of Topliss-reactive ketones (excluding diaryl/α,β-unsaturated/α-hetero) is 1. The molecule has 0 amide bonds. The molecule has 0 bridgehead atoms. The van der Waals surface area contributed by atoms with Crippen LogP contribution in [0, 0.1) is 0 Å². The summed E-state index contributed by atoms with van der Waals surface area (Å²) in [6.07, 6.45) is 1.65. The second kappa shape index (κ2) is 8.05. The number of thioether (sulfide) groups is 1. The molecule has 1 aliphatic heterocycles. The highest BCUT2D eigenvalue weighted by molar-refractivity contribution is 8.15. The number of anilines is 3. The first-order valence-electron chi connectivity index (χ1n) is 8.92. The van der Waals surface area contributed by atoms with Gasteiger partial charge in [-0.25, -0.2) is 23.5 Å². The van der Waals surface area contributed by atoms with Crippen molar-refractivity contribution in [3.05, 3.63) is 65.2 Å². The summed E-state index contributed by atoms with van der Waals surface area (Å²) in [6.45, 7) is 0. The number of aromatic nitrogens is 1. The van der Waals surface area contributed by atoms with Crippen LogP contribution in [0.15, 0.2) is 64.6 Å². The number of aliphatic imine (C=N–C) groups is 1. The van der Waals surface area contributed by atoms with Crippen molar-refractivity contribution in [3.63, 3.8) is 0 Å². The zero-order valence-electron chi connectivity index (χ0n) is 16.0. The maximum Gasteiger partial charge on any atom is 0.238 e. The molecule has 2 heterocycles. The molecule has 12 heteroatoms. The van der Waals surface area contributed by atoms with E-state index in [-0.39, 0.29) is 10.7 Å². The van der Waals surface area contributed by atoms with Gasteiger partial charge in [-0.05, 0) is 36.4 Å². The molecule has 0 saturated heterocycles. The van der Waals surface area contributed by atoms with Gasteiger partial charge in [-0.1, -0.05) is 23.5 Å². The van der Waals surface area contributed by atoms with Crippen LogP contribution in [-0.4, -0.2) is 35.6 Å². The summed E-state index contributed by atoms with van der Waals surface area (Å²) in [5, 5.41) is 9.42. The third-order valence-electron chi connectivity index (χ3n) is 4.42. The zero-order chi connectivity index (χ0) is 22.2. The monoisotopic (exact) mass is 474 g/mol. The SMILES string of the molecule is Nc1cccc(C(=O)C2(N)CSC(c3cnc(Nc4ccc(S(N)(=O)=O)cc4)s3)=N2)c1. The van der Waals surface area contributed by atoms with Crippen LogP contribution in [0.5, 0.6) is 0 Å². The predicted octanol–water partition coefficient (Wildman–Crippen LogP) is 2.15. The van der Waals surface area contributed by atoms with Crippen LogP contribution >= 0.6 is 23.1 Å². The van der Waals surface area contributed by atoms with E-state index in [1.807, 2.05) is 0 Å². The molecule has 0 spiro atoms. The van der Waals surface area contributed by atoms with Crippen molar-refractivity contribution in [1.29, 1.82) is 0 Å². The lowest BCUT2D eigenvalue weighted by Crippen LogP contribution is -2.46. The molecule has 1 aliphatic rings. The first kappa shape index (κ1) is 21.5. The molecule has 160 valence electrons. The van der Waals surface area contributed by atoms with Gasteiger partial charge in [0.1, 0.15) is 5.04 Å². The van der Waals surface area contributed by atoms with Gasteiger partial charge in [0.05, 0.1) is 16.0 Å². The van der Waals surface area contributed by atoms with Crippen LogP contribution < -0.4 is 21.9 Å². The molecule has 2 aromatic carbocycles. The molecule has 0 fully saturated rings. The van der Waals surface area contributed by atoms with E-state index in [2.05, 4.69) is 15.3 Å². The van der Waals surface area contributed by atoms with Crippen LogP contribution in [-0.2, 0) is 10.0 Å². The normalized spacial score (nSPS) is 18.6. The first-order chi connectivity index (χ1) is 14.6.